The zero-order chi connectivity index (χ0) is 13.7. The van der Waals surface area contributed by atoms with Gasteiger partial charge in [0.1, 0.15) is 0 Å². The molecule has 96 valence electrons. The Morgan fingerprint density at radius 3 is 2.05 bits per heavy atom. The molecule has 0 heterocycles. The van der Waals surface area contributed by atoms with Gasteiger partial charge < -0.3 is 9.84 Å². The lowest BCUT2D eigenvalue weighted by Crippen LogP contribution is -2.38. The number of Topliss-reactive ketones (excluding diaryl/α,β-unsaturated/α-hetero) is 1. The van der Waals surface area contributed by atoms with Crippen molar-refractivity contribution in [2.75, 3.05) is 0 Å². The predicted molar refractivity (Wildman–Crippen MR) is 68.3 cm³/mol. The maximum atomic E-state index is 12.3. The Bertz CT molecular complexity index is 565. The van der Waals surface area contributed by atoms with Gasteiger partial charge in [-0.2, -0.15) is 0 Å². The van der Waals surface area contributed by atoms with Gasteiger partial charge in [-0.15, -0.1) is 0 Å². The van der Waals surface area contributed by atoms with E-state index in [0.29, 0.717) is 0 Å². The van der Waals surface area contributed by atoms with Crippen LogP contribution >= 0.6 is 0 Å². The number of benzene rings is 2. The summed E-state index contributed by atoms with van der Waals surface area (Å²) in [6.45, 7) is 0.0633. The van der Waals surface area contributed by atoms with Crippen molar-refractivity contribution in [3.63, 3.8) is 0 Å². The Kier molecular flexibility index (Phi) is 3.73. The molecule has 1 unspecified atom stereocenters. The van der Waals surface area contributed by atoms with Gasteiger partial charge in [-0.25, -0.2) is 0 Å². The van der Waals surface area contributed by atoms with Gasteiger partial charge in [-0.3, -0.25) is 9.59 Å². The molecule has 0 bridgehead atoms. The second-order valence-corrected chi connectivity index (χ2v) is 3.92. The van der Waals surface area contributed by atoms with Crippen molar-refractivity contribution >= 4 is 12.3 Å². The largest absolute Gasteiger partial charge is 0.423 e. The van der Waals surface area contributed by atoms with Gasteiger partial charge in [0.2, 0.25) is 5.78 Å². The molecule has 2 aromatic carbocycles. The van der Waals surface area contributed by atoms with Crippen LogP contribution in [0.3, 0.4) is 0 Å². The van der Waals surface area contributed by atoms with Crippen LogP contribution in [0.25, 0.3) is 0 Å². The summed E-state index contributed by atoms with van der Waals surface area (Å²) >= 11 is 0. The molecule has 4 nitrogen and oxygen atoms in total. The van der Waals surface area contributed by atoms with Crippen molar-refractivity contribution in [3.05, 3.63) is 71.8 Å². The molecule has 0 aliphatic carbocycles. The maximum Gasteiger partial charge on any atom is 0.302 e. The first-order chi connectivity index (χ1) is 9.18. The monoisotopic (exact) mass is 256 g/mol. The number of hydrogen-bond acceptors (Lipinski definition) is 4. The number of hydrogen-bond donors (Lipinski definition) is 1. The zero-order valence-electron chi connectivity index (χ0n) is 10.0. The summed E-state index contributed by atoms with van der Waals surface area (Å²) in [6, 6.07) is 16.2. The fourth-order valence-electron chi connectivity index (χ4n) is 1.77. The number of carbonyl (C=O) groups is 2. The number of aliphatic hydroxyl groups is 1. The highest BCUT2D eigenvalue weighted by atomic mass is 16.6. The van der Waals surface area contributed by atoms with E-state index in [9.17, 15) is 14.7 Å². The summed E-state index contributed by atoms with van der Waals surface area (Å²) in [4.78, 5) is 22.9. The normalized spacial score (nSPS) is 13.3. The number of carbonyl (C=O) groups excluding carboxylic acids is 2. The molecule has 4 heteroatoms. The minimum Gasteiger partial charge on any atom is -0.423 e. The first kappa shape index (κ1) is 13.0. The fourth-order valence-corrected chi connectivity index (χ4v) is 1.77. The van der Waals surface area contributed by atoms with Crippen LogP contribution in [0.2, 0.25) is 0 Å². The van der Waals surface area contributed by atoms with Crippen molar-refractivity contribution in [1.82, 2.24) is 0 Å². The van der Waals surface area contributed by atoms with E-state index >= 15 is 0 Å². The van der Waals surface area contributed by atoms with E-state index in [1.807, 2.05) is 0 Å². The molecule has 0 aliphatic rings. The summed E-state index contributed by atoms with van der Waals surface area (Å²) in [5, 5.41) is 10.4. The van der Waals surface area contributed by atoms with Crippen LogP contribution in [0.15, 0.2) is 60.7 Å². The minimum atomic E-state index is -2.30. The van der Waals surface area contributed by atoms with E-state index in [-0.39, 0.29) is 17.6 Å². The second-order valence-electron chi connectivity index (χ2n) is 3.92. The summed E-state index contributed by atoms with van der Waals surface area (Å²) in [5.74, 6) is -2.99. The van der Waals surface area contributed by atoms with Gasteiger partial charge in [0.25, 0.3) is 6.47 Å². The third kappa shape index (κ3) is 2.53. The van der Waals surface area contributed by atoms with E-state index in [1.165, 1.54) is 12.1 Å². The van der Waals surface area contributed by atoms with E-state index < -0.39 is 11.6 Å². The molecule has 1 N–H and O–H groups in total. The Balaban J connectivity index is 2.46. The molecule has 0 aliphatic heterocycles. The van der Waals surface area contributed by atoms with Crippen molar-refractivity contribution in [2.45, 2.75) is 5.79 Å². The van der Waals surface area contributed by atoms with Crippen LogP contribution in [-0.4, -0.2) is 17.4 Å². The molecule has 0 radical (unpaired) electrons. The number of ketones is 1. The summed E-state index contributed by atoms with van der Waals surface area (Å²) in [6.07, 6.45) is 0. The van der Waals surface area contributed by atoms with E-state index in [1.54, 1.807) is 48.5 Å². The lowest BCUT2D eigenvalue weighted by molar-refractivity contribution is -0.178. The molecular formula is C15H12O4. The molecule has 0 aromatic heterocycles. The van der Waals surface area contributed by atoms with Crippen LogP contribution in [0, 0.1) is 0 Å². The first-order valence-electron chi connectivity index (χ1n) is 5.67. The lowest BCUT2D eigenvalue weighted by Gasteiger charge is -2.24. The standard InChI is InChI=1S/C15H12O4/c16-11-19-15(18,13-9-5-2-6-10-13)14(17)12-7-3-1-4-8-12/h1-11,18H. The highest BCUT2D eigenvalue weighted by Crippen LogP contribution is 2.26. The SMILES string of the molecule is O=COC(O)(C(=O)c1ccccc1)c1ccccc1. The summed E-state index contributed by atoms with van der Waals surface area (Å²) < 4.78 is 4.66. The van der Waals surface area contributed by atoms with Crippen molar-refractivity contribution in [2.24, 2.45) is 0 Å². The maximum absolute atomic E-state index is 12.3. The molecule has 2 rings (SSSR count). The molecule has 0 amide bonds. The van der Waals surface area contributed by atoms with Crippen LogP contribution in [0.4, 0.5) is 0 Å². The molecule has 0 fully saturated rings. The fraction of sp³-hybridized carbons (Fsp3) is 0.0667. The minimum absolute atomic E-state index is 0.0633. The first-order valence-corrected chi connectivity index (χ1v) is 5.67. The summed E-state index contributed by atoms with van der Waals surface area (Å²) in [5.41, 5.74) is 0.464. The van der Waals surface area contributed by atoms with Crippen LogP contribution in [0.1, 0.15) is 15.9 Å². The van der Waals surface area contributed by atoms with E-state index in [2.05, 4.69) is 4.74 Å². The molecule has 0 spiro atoms. The third-order valence-electron chi connectivity index (χ3n) is 2.73. The average Bonchev–Trinajstić information content (AvgIpc) is 2.48. The van der Waals surface area contributed by atoms with Crippen molar-refractivity contribution < 1.29 is 19.4 Å². The van der Waals surface area contributed by atoms with Gasteiger partial charge in [0.05, 0.1) is 0 Å². The second kappa shape index (κ2) is 5.46. The molecular weight excluding hydrogens is 244 g/mol. The molecule has 1 atom stereocenters. The van der Waals surface area contributed by atoms with Crippen LogP contribution < -0.4 is 0 Å². The molecule has 0 saturated carbocycles. The zero-order valence-corrected chi connectivity index (χ0v) is 10.0. The van der Waals surface area contributed by atoms with Crippen molar-refractivity contribution in [1.29, 1.82) is 0 Å². The van der Waals surface area contributed by atoms with Gasteiger partial charge in [-0.05, 0) is 0 Å². The van der Waals surface area contributed by atoms with E-state index in [0.717, 1.165) is 0 Å². The van der Waals surface area contributed by atoms with Crippen LogP contribution in [-0.2, 0) is 15.3 Å². The Morgan fingerprint density at radius 2 is 1.53 bits per heavy atom. The highest BCUT2D eigenvalue weighted by Gasteiger charge is 2.40. The van der Waals surface area contributed by atoms with Gasteiger partial charge in [-0.1, -0.05) is 60.7 Å². The van der Waals surface area contributed by atoms with E-state index in [4.69, 9.17) is 0 Å². The third-order valence-corrected chi connectivity index (χ3v) is 2.73. The van der Waals surface area contributed by atoms with Crippen molar-refractivity contribution in [3.8, 4) is 0 Å². The molecule has 0 saturated heterocycles. The topological polar surface area (TPSA) is 63.6 Å². The predicted octanol–water partition coefficient (Wildman–Crippen LogP) is 1.89. The lowest BCUT2D eigenvalue weighted by atomic mass is 9.96. The Hall–Kier alpha value is -2.46. The van der Waals surface area contributed by atoms with Gasteiger partial charge in [0.15, 0.2) is 0 Å². The quantitative estimate of drug-likeness (QED) is 0.504. The Morgan fingerprint density at radius 1 is 1.00 bits per heavy atom. The number of rotatable bonds is 5. The smallest absolute Gasteiger partial charge is 0.302 e. The highest BCUT2D eigenvalue weighted by molar-refractivity contribution is 6.02. The molecule has 19 heavy (non-hydrogen) atoms. The number of ether oxygens (including phenoxy) is 1. The van der Waals surface area contributed by atoms with Gasteiger partial charge >= 0.3 is 5.79 Å². The van der Waals surface area contributed by atoms with Crippen LogP contribution in [0.5, 0.6) is 0 Å². The molecule has 2 aromatic rings. The Labute approximate surface area is 110 Å². The van der Waals surface area contributed by atoms with Gasteiger partial charge in [0, 0.05) is 11.1 Å². The summed E-state index contributed by atoms with van der Waals surface area (Å²) in [7, 11) is 0. The average molecular weight is 256 g/mol.